The Balaban J connectivity index is 1.32. The normalized spacial score (nSPS) is 15.5. The zero-order valence-corrected chi connectivity index (χ0v) is 25.2. The Morgan fingerprint density at radius 3 is 2.00 bits per heavy atom. The molecule has 230 valence electrons. The first kappa shape index (κ1) is 32.1. The van der Waals surface area contributed by atoms with E-state index in [1.165, 1.54) is 0 Å². The van der Waals surface area contributed by atoms with Gasteiger partial charge < -0.3 is 23.7 Å². The minimum atomic E-state index is -0.679. The number of hydrogen-bond acceptors (Lipinski definition) is 8. The molecule has 1 aliphatic rings. The summed E-state index contributed by atoms with van der Waals surface area (Å²) < 4.78 is 28.3. The number of rotatable bonds is 15. The van der Waals surface area contributed by atoms with Crippen LogP contribution in [0.3, 0.4) is 0 Å². The first-order chi connectivity index (χ1) is 21.3. The molecule has 0 aliphatic carbocycles. The van der Waals surface area contributed by atoms with Gasteiger partial charge in [-0.1, -0.05) is 64.1 Å². The van der Waals surface area contributed by atoms with Crippen LogP contribution in [0.5, 0.6) is 17.2 Å². The van der Waals surface area contributed by atoms with Crippen molar-refractivity contribution < 1.29 is 38.1 Å². The number of benzene rings is 3. The molecule has 0 amide bonds. The molecule has 3 atom stereocenters. The lowest BCUT2D eigenvalue weighted by molar-refractivity contribution is -0.158. The van der Waals surface area contributed by atoms with Gasteiger partial charge in [-0.15, -0.1) is 0 Å². The Hall–Kier alpha value is -4.85. The molecular weight excluding hydrogens is 560 g/mol. The number of carbonyl (C=O) groups is 3. The summed E-state index contributed by atoms with van der Waals surface area (Å²) in [5.74, 6) is 0.174. The zero-order valence-electron chi connectivity index (χ0n) is 25.2. The van der Waals surface area contributed by atoms with E-state index in [0.29, 0.717) is 41.2 Å². The second-order valence-corrected chi connectivity index (χ2v) is 10.5. The second-order valence-electron chi connectivity index (χ2n) is 10.5. The van der Waals surface area contributed by atoms with Crippen LogP contribution in [0.1, 0.15) is 62.7 Å². The smallest absolute Gasteiger partial charge is 0.343 e. The second kappa shape index (κ2) is 15.6. The van der Waals surface area contributed by atoms with Gasteiger partial charge in [0, 0.05) is 24.5 Å². The van der Waals surface area contributed by atoms with Crippen LogP contribution < -0.4 is 14.2 Å². The van der Waals surface area contributed by atoms with Gasteiger partial charge in [0.15, 0.2) is 0 Å². The highest BCUT2D eigenvalue weighted by atomic mass is 16.7. The predicted molar refractivity (Wildman–Crippen MR) is 166 cm³/mol. The molecule has 1 saturated heterocycles. The summed E-state index contributed by atoms with van der Waals surface area (Å²) in [6.07, 6.45) is 4.21. The van der Waals surface area contributed by atoms with E-state index in [1.807, 2.05) is 43.3 Å². The van der Waals surface area contributed by atoms with Gasteiger partial charge in [-0.2, -0.15) is 0 Å². The van der Waals surface area contributed by atoms with Crippen molar-refractivity contribution in [3.8, 4) is 28.4 Å². The van der Waals surface area contributed by atoms with E-state index in [0.717, 1.165) is 42.9 Å². The first-order valence-electron chi connectivity index (χ1n) is 14.9. The van der Waals surface area contributed by atoms with Crippen molar-refractivity contribution in [3.63, 3.8) is 0 Å². The van der Waals surface area contributed by atoms with Crippen molar-refractivity contribution in [3.05, 3.63) is 103 Å². The molecule has 0 spiro atoms. The summed E-state index contributed by atoms with van der Waals surface area (Å²) in [6.45, 7) is 11.3. The molecule has 44 heavy (non-hydrogen) atoms. The van der Waals surface area contributed by atoms with E-state index in [1.54, 1.807) is 36.4 Å². The molecule has 0 N–H and O–H groups in total. The van der Waals surface area contributed by atoms with Crippen molar-refractivity contribution in [2.24, 2.45) is 0 Å². The molecule has 0 bridgehead atoms. The van der Waals surface area contributed by atoms with E-state index in [9.17, 15) is 14.4 Å². The Morgan fingerprint density at radius 2 is 1.45 bits per heavy atom. The molecule has 0 saturated carbocycles. The van der Waals surface area contributed by atoms with Crippen LogP contribution in [-0.4, -0.2) is 36.4 Å². The number of carbonyl (C=O) groups excluding carboxylic acids is 3. The largest absolute Gasteiger partial charge is 0.487 e. The Bertz CT molecular complexity index is 1420. The molecule has 0 aromatic heterocycles. The summed E-state index contributed by atoms with van der Waals surface area (Å²) in [5.41, 5.74) is 2.70. The highest BCUT2D eigenvalue weighted by Crippen LogP contribution is 2.28. The van der Waals surface area contributed by atoms with Crippen LogP contribution in [0, 0.1) is 0 Å². The van der Waals surface area contributed by atoms with Crippen molar-refractivity contribution in [1.29, 1.82) is 0 Å². The van der Waals surface area contributed by atoms with Crippen LogP contribution >= 0.6 is 0 Å². The zero-order chi connectivity index (χ0) is 31.5. The molecule has 0 radical (unpaired) electrons. The van der Waals surface area contributed by atoms with Crippen molar-refractivity contribution in [2.75, 3.05) is 0 Å². The fourth-order valence-corrected chi connectivity index (χ4v) is 4.70. The number of cyclic esters (lactones) is 1. The van der Waals surface area contributed by atoms with E-state index in [4.69, 9.17) is 23.7 Å². The molecule has 3 unspecified atom stereocenters. The minimum absolute atomic E-state index is 0.298. The molecule has 3 aromatic carbocycles. The van der Waals surface area contributed by atoms with Gasteiger partial charge in [0.2, 0.25) is 6.29 Å². The number of hydrogen-bond donors (Lipinski definition) is 0. The van der Waals surface area contributed by atoms with Gasteiger partial charge in [-0.25, -0.2) is 14.4 Å². The molecule has 4 rings (SSSR count). The van der Waals surface area contributed by atoms with E-state index in [2.05, 4.69) is 20.1 Å². The summed E-state index contributed by atoms with van der Waals surface area (Å²) in [4.78, 5) is 36.2. The van der Waals surface area contributed by atoms with E-state index >= 15 is 0 Å². The van der Waals surface area contributed by atoms with Crippen LogP contribution in [0.25, 0.3) is 11.1 Å². The summed E-state index contributed by atoms with van der Waals surface area (Å²) in [5, 5.41) is 0. The average Bonchev–Trinajstić information content (AvgIpc) is 3.38. The molecule has 3 aromatic rings. The van der Waals surface area contributed by atoms with Gasteiger partial charge in [0.05, 0.1) is 5.56 Å². The van der Waals surface area contributed by atoms with Crippen molar-refractivity contribution in [1.82, 2.24) is 0 Å². The van der Waals surface area contributed by atoms with Gasteiger partial charge in [-0.05, 0) is 72.5 Å². The van der Waals surface area contributed by atoms with Crippen LogP contribution in [0.4, 0.5) is 0 Å². The van der Waals surface area contributed by atoms with Gasteiger partial charge in [0.25, 0.3) is 0 Å². The highest BCUT2D eigenvalue weighted by molar-refractivity contribution is 5.91. The molecule has 8 nitrogen and oxygen atoms in total. The molecular formula is C36H38O8. The lowest BCUT2D eigenvalue weighted by atomic mass is 10.0. The lowest BCUT2D eigenvalue weighted by Gasteiger charge is -2.23. The first-order valence-corrected chi connectivity index (χ1v) is 14.9. The standard InChI is InChI=1S/C36H38O8/c1-5-8-10-34(44-33(37)7-3)41-29-17-11-25(12-18-29)26-13-19-30(20-14-26)42-36(39)27-15-21-28(22-16-27)40-31(9-6-2)32-23-24(4)35(38)43-32/h7,11-22,31-32,34H,3-6,8-10,23H2,1-2H3. The van der Waals surface area contributed by atoms with Crippen LogP contribution in [0.2, 0.25) is 0 Å². The number of ether oxygens (including phenoxy) is 5. The van der Waals surface area contributed by atoms with Gasteiger partial charge in [0.1, 0.15) is 29.5 Å². The fourth-order valence-electron chi connectivity index (χ4n) is 4.70. The summed E-state index contributed by atoms with van der Waals surface area (Å²) in [7, 11) is 0. The monoisotopic (exact) mass is 598 g/mol. The molecule has 1 fully saturated rings. The SMILES string of the molecule is C=CC(=O)OC(CCCC)Oc1ccc(-c2ccc(OC(=O)c3ccc(OC(CCC)C4CC(=C)C(=O)O4)cc3)cc2)cc1. The minimum Gasteiger partial charge on any atom is -0.487 e. The topological polar surface area (TPSA) is 97.4 Å². The summed E-state index contributed by atoms with van der Waals surface area (Å²) in [6, 6.07) is 21.3. The fraction of sp³-hybridized carbons (Fsp3) is 0.306. The average molecular weight is 599 g/mol. The van der Waals surface area contributed by atoms with Gasteiger partial charge >= 0.3 is 17.9 Å². The Morgan fingerprint density at radius 1 is 0.864 bits per heavy atom. The maximum atomic E-state index is 12.8. The lowest BCUT2D eigenvalue weighted by Crippen LogP contribution is -2.31. The maximum Gasteiger partial charge on any atom is 0.343 e. The number of unbranched alkanes of at least 4 members (excludes halogenated alkanes) is 1. The maximum absolute atomic E-state index is 12.8. The van der Waals surface area contributed by atoms with E-state index < -0.39 is 18.2 Å². The predicted octanol–water partition coefficient (Wildman–Crippen LogP) is 7.62. The number of esters is 3. The Kier molecular flexibility index (Phi) is 11.3. The third-order valence-corrected chi connectivity index (χ3v) is 7.09. The molecule has 8 heteroatoms. The van der Waals surface area contributed by atoms with E-state index in [-0.39, 0.29) is 18.2 Å². The van der Waals surface area contributed by atoms with Crippen molar-refractivity contribution >= 4 is 17.9 Å². The highest BCUT2D eigenvalue weighted by Gasteiger charge is 2.34. The molecule has 1 heterocycles. The van der Waals surface area contributed by atoms with Crippen LogP contribution in [0.15, 0.2) is 97.6 Å². The van der Waals surface area contributed by atoms with Gasteiger partial charge in [-0.3, -0.25) is 0 Å². The van der Waals surface area contributed by atoms with Crippen molar-refractivity contribution in [2.45, 2.75) is 70.9 Å². The Labute approximate surface area is 258 Å². The third kappa shape index (κ3) is 8.83. The molecule has 1 aliphatic heterocycles. The van der Waals surface area contributed by atoms with Crippen LogP contribution in [-0.2, 0) is 19.1 Å². The third-order valence-electron chi connectivity index (χ3n) is 7.09. The summed E-state index contributed by atoms with van der Waals surface area (Å²) >= 11 is 0. The quantitative estimate of drug-likeness (QED) is 0.0763.